The Morgan fingerprint density at radius 1 is 1.42 bits per heavy atom. The number of hydrogen-bond donors (Lipinski definition) is 1. The Morgan fingerprint density at radius 2 is 2.32 bits per heavy atom. The first-order chi connectivity index (χ1) is 9.29. The number of rotatable bonds is 6. The van der Waals surface area contributed by atoms with Crippen molar-refractivity contribution < 1.29 is 4.74 Å². The summed E-state index contributed by atoms with van der Waals surface area (Å²) in [4.78, 5) is 11.1. The van der Waals surface area contributed by atoms with Gasteiger partial charge in [-0.2, -0.15) is 0 Å². The first kappa shape index (κ1) is 14.2. The molecule has 1 atom stereocenters. The van der Waals surface area contributed by atoms with Gasteiger partial charge in [0.25, 0.3) is 0 Å². The quantitative estimate of drug-likeness (QED) is 0.843. The van der Waals surface area contributed by atoms with E-state index >= 15 is 0 Å². The van der Waals surface area contributed by atoms with Crippen molar-refractivity contribution >= 4 is 5.82 Å². The molecule has 0 radical (unpaired) electrons. The molecule has 1 aromatic heterocycles. The van der Waals surface area contributed by atoms with Crippen LogP contribution in [0.25, 0.3) is 0 Å². The molecule has 0 aromatic carbocycles. The van der Waals surface area contributed by atoms with Crippen molar-refractivity contribution in [2.75, 3.05) is 38.3 Å². The molecule has 1 aliphatic heterocycles. The highest BCUT2D eigenvalue weighted by Gasteiger charge is 2.16. The van der Waals surface area contributed by atoms with Gasteiger partial charge in [-0.1, -0.05) is 6.92 Å². The third kappa shape index (κ3) is 4.44. The lowest BCUT2D eigenvalue weighted by Crippen LogP contribution is -2.31. The molecule has 1 N–H and O–H groups in total. The van der Waals surface area contributed by atoms with E-state index in [1.54, 1.807) is 0 Å². The second kappa shape index (κ2) is 7.40. The number of aromatic nitrogens is 2. The summed E-state index contributed by atoms with van der Waals surface area (Å²) in [5.41, 5.74) is 0.986. The summed E-state index contributed by atoms with van der Waals surface area (Å²) in [6.45, 7) is 6.59. The molecular weight excluding hydrogens is 240 g/mol. The highest BCUT2D eigenvalue weighted by atomic mass is 16.5. The van der Waals surface area contributed by atoms with Crippen molar-refractivity contribution in [3.63, 3.8) is 0 Å². The van der Waals surface area contributed by atoms with Gasteiger partial charge < -0.3 is 15.0 Å². The van der Waals surface area contributed by atoms with Crippen molar-refractivity contribution in [3.05, 3.63) is 18.1 Å². The Hall–Kier alpha value is -1.20. The SMILES string of the molecule is CCNCc1cnc(N(C)CC2CCCOC2)cn1. The molecule has 0 bridgehead atoms. The van der Waals surface area contributed by atoms with Crippen molar-refractivity contribution in [1.29, 1.82) is 0 Å². The molecule has 0 aliphatic carbocycles. The number of ether oxygens (including phenoxy) is 1. The molecule has 2 heterocycles. The molecule has 5 nitrogen and oxygen atoms in total. The first-order valence-corrected chi connectivity index (χ1v) is 7.10. The summed E-state index contributed by atoms with van der Waals surface area (Å²) in [6.07, 6.45) is 6.13. The van der Waals surface area contributed by atoms with Crippen molar-refractivity contribution in [1.82, 2.24) is 15.3 Å². The van der Waals surface area contributed by atoms with Gasteiger partial charge in [-0.05, 0) is 25.3 Å². The van der Waals surface area contributed by atoms with Gasteiger partial charge in [0.05, 0.1) is 24.7 Å². The molecular formula is C14H24N4O. The maximum absolute atomic E-state index is 5.51. The zero-order valence-corrected chi connectivity index (χ0v) is 11.9. The van der Waals surface area contributed by atoms with Crippen LogP contribution in [-0.4, -0.2) is 43.3 Å². The van der Waals surface area contributed by atoms with E-state index in [0.717, 1.165) is 44.4 Å². The second-order valence-corrected chi connectivity index (χ2v) is 5.11. The van der Waals surface area contributed by atoms with Crippen molar-refractivity contribution in [2.45, 2.75) is 26.3 Å². The van der Waals surface area contributed by atoms with E-state index in [0.29, 0.717) is 5.92 Å². The van der Waals surface area contributed by atoms with E-state index in [1.165, 1.54) is 12.8 Å². The third-order valence-electron chi connectivity index (χ3n) is 3.43. The van der Waals surface area contributed by atoms with E-state index < -0.39 is 0 Å². The Labute approximate surface area is 115 Å². The van der Waals surface area contributed by atoms with Crippen LogP contribution >= 0.6 is 0 Å². The van der Waals surface area contributed by atoms with Gasteiger partial charge in [-0.3, -0.25) is 4.98 Å². The predicted octanol–water partition coefficient (Wildman–Crippen LogP) is 1.45. The standard InChI is InChI=1S/C14H24N4O/c1-3-15-7-13-8-17-14(9-16-13)18(2)10-12-5-4-6-19-11-12/h8-9,12,15H,3-7,10-11H2,1-2H3. The monoisotopic (exact) mass is 264 g/mol. The van der Waals surface area contributed by atoms with E-state index in [2.05, 4.69) is 34.2 Å². The van der Waals surface area contributed by atoms with Gasteiger partial charge in [0.15, 0.2) is 0 Å². The Morgan fingerprint density at radius 3 is 2.95 bits per heavy atom. The number of anilines is 1. The zero-order valence-electron chi connectivity index (χ0n) is 11.9. The van der Waals surface area contributed by atoms with Crippen molar-refractivity contribution in [2.24, 2.45) is 5.92 Å². The summed E-state index contributed by atoms with van der Waals surface area (Å²) >= 11 is 0. The highest BCUT2D eigenvalue weighted by molar-refractivity contribution is 5.34. The Balaban J connectivity index is 1.85. The minimum Gasteiger partial charge on any atom is -0.381 e. The van der Waals surface area contributed by atoms with Gasteiger partial charge in [0, 0.05) is 26.7 Å². The summed E-state index contributed by atoms with van der Waals surface area (Å²) in [6, 6.07) is 0. The molecule has 2 rings (SSSR count). The second-order valence-electron chi connectivity index (χ2n) is 5.11. The summed E-state index contributed by atoms with van der Waals surface area (Å²) in [5, 5.41) is 3.25. The van der Waals surface area contributed by atoms with E-state index in [1.807, 2.05) is 12.4 Å². The molecule has 19 heavy (non-hydrogen) atoms. The molecule has 1 aromatic rings. The maximum atomic E-state index is 5.51. The molecule has 0 saturated carbocycles. The Kier molecular flexibility index (Phi) is 5.54. The van der Waals surface area contributed by atoms with Gasteiger partial charge in [-0.25, -0.2) is 4.98 Å². The minimum atomic E-state index is 0.613. The van der Waals surface area contributed by atoms with Crippen LogP contribution in [0.3, 0.4) is 0 Å². The fraction of sp³-hybridized carbons (Fsp3) is 0.714. The van der Waals surface area contributed by atoms with Gasteiger partial charge in [0.2, 0.25) is 0 Å². The van der Waals surface area contributed by atoms with Gasteiger partial charge in [-0.15, -0.1) is 0 Å². The molecule has 5 heteroatoms. The lowest BCUT2D eigenvalue weighted by molar-refractivity contribution is 0.0576. The highest BCUT2D eigenvalue weighted by Crippen LogP contribution is 2.17. The summed E-state index contributed by atoms with van der Waals surface area (Å²) in [5.74, 6) is 1.55. The molecule has 1 unspecified atom stereocenters. The van der Waals surface area contributed by atoms with E-state index in [4.69, 9.17) is 4.74 Å². The fourth-order valence-electron chi connectivity index (χ4n) is 2.32. The fourth-order valence-corrected chi connectivity index (χ4v) is 2.32. The average molecular weight is 264 g/mol. The topological polar surface area (TPSA) is 50.3 Å². The van der Waals surface area contributed by atoms with Crippen LogP contribution in [0.2, 0.25) is 0 Å². The van der Waals surface area contributed by atoms with Gasteiger partial charge >= 0.3 is 0 Å². The molecule has 0 amide bonds. The lowest BCUT2D eigenvalue weighted by atomic mass is 10.0. The normalized spacial score (nSPS) is 19.4. The minimum absolute atomic E-state index is 0.613. The number of nitrogens with zero attached hydrogens (tertiary/aromatic N) is 3. The molecule has 106 valence electrons. The molecule has 1 aliphatic rings. The lowest BCUT2D eigenvalue weighted by Gasteiger charge is -2.27. The van der Waals surface area contributed by atoms with Gasteiger partial charge in [0.1, 0.15) is 5.82 Å². The smallest absolute Gasteiger partial charge is 0.146 e. The van der Waals surface area contributed by atoms with E-state index in [-0.39, 0.29) is 0 Å². The van der Waals surface area contributed by atoms with Crippen LogP contribution in [0.1, 0.15) is 25.5 Å². The third-order valence-corrected chi connectivity index (χ3v) is 3.43. The van der Waals surface area contributed by atoms with Crippen LogP contribution < -0.4 is 10.2 Å². The zero-order chi connectivity index (χ0) is 13.5. The first-order valence-electron chi connectivity index (χ1n) is 7.10. The Bertz CT molecular complexity index is 362. The van der Waals surface area contributed by atoms with Crippen molar-refractivity contribution in [3.8, 4) is 0 Å². The molecule has 1 saturated heterocycles. The summed E-state index contributed by atoms with van der Waals surface area (Å²) < 4.78 is 5.51. The predicted molar refractivity (Wildman–Crippen MR) is 76.2 cm³/mol. The summed E-state index contributed by atoms with van der Waals surface area (Å²) in [7, 11) is 2.07. The largest absolute Gasteiger partial charge is 0.381 e. The molecule has 1 fully saturated rings. The van der Waals surface area contributed by atoms with Crippen LogP contribution in [0.15, 0.2) is 12.4 Å². The van der Waals surface area contributed by atoms with Crippen LogP contribution in [0.5, 0.6) is 0 Å². The van der Waals surface area contributed by atoms with Crippen LogP contribution in [0, 0.1) is 5.92 Å². The van der Waals surface area contributed by atoms with Crippen LogP contribution in [-0.2, 0) is 11.3 Å². The number of hydrogen-bond acceptors (Lipinski definition) is 5. The van der Waals surface area contributed by atoms with E-state index in [9.17, 15) is 0 Å². The molecule has 0 spiro atoms. The maximum Gasteiger partial charge on any atom is 0.146 e. The number of nitrogens with one attached hydrogen (secondary N) is 1. The van der Waals surface area contributed by atoms with Crippen LogP contribution in [0.4, 0.5) is 5.82 Å². The average Bonchev–Trinajstić information content (AvgIpc) is 2.46.